The van der Waals surface area contributed by atoms with Crippen LogP contribution in [0.4, 0.5) is 11.9 Å². The van der Waals surface area contributed by atoms with Crippen LogP contribution in [0, 0.1) is 0 Å². The molecule has 0 spiro atoms. The van der Waals surface area contributed by atoms with E-state index in [-0.39, 0.29) is 0 Å². The second kappa shape index (κ2) is 8.41. The van der Waals surface area contributed by atoms with E-state index in [2.05, 4.69) is 49.3 Å². The highest BCUT2D eigenvalue weighted by atomic mass is 32.1. The van der Waals surface area contributed by atoms with Gasteiger partial charge in [-0.3, -0.25) is 0 Å². The normalized spacial score (nSPS) is 10.4. The largest absolute Gasteiger partial charge is 0.464 e. The van der Waals surface area contributed by atoms with E-state index in [1.807, 2.05) is 6.92 Å². The predicted molar refractivity (Wildman–Crippen MR) is 86.3 cm³/mol. The summed E-state index contributed by atoms with van der Waals surface area (Å²) in [6.45, 7) is 6.14. The lowest BCUT2D eigenvalue weighted by Crippen LogP contribution is -2.13. The van der Waals surface area contributed by atoms with Gasteiger partial charge in [-0.15, -0.1) is 0 Å². The second-order valence-corrected chi connectivity index (χ2v) is 5.21. The van der Waals surface area contributed by atoms with Gasteiger partial charge in [-0.1, -0.05) is 6.92 Å². The van der Waals surface area contributed by atoms with Crippen LogP contribution in [-0.2, 0) is 6.42 Å². The molecule has 0 amide bonds. The predicted octanol–water partition coefficient (Wildman–Crippen LogP) is 2.81. The molecule has 6 nitrogen and oxygen atoms in total. The summed E-state index contributed by atoms with van der Waals surface area (Å²) in [5, 5.41) is 10.6. The summed E-state index contributed by atoms with van der Waals surface area (Å²) < 4.78 is 5.38. The zero-order valence-corrected chi connectivity index (χ0v) is 13.2. The van der Waals surface area contributed by atoms with Crippen molar-refractivity contribution in [1.82, 2.24) is 15.0 Å². The number of ether oxygens (including phenoxy) is 1. The van der Waals surface area contributed by atoms with Gasteiger partial charge in [0, 0.05) is 13.1 Å². The average Bonchev–Trinajstić information content (AvgIpc) is 2.99. The van der Waals surface area contributed by atoms with Gasteiger partial charge < -0.3 is 15.4 Å². The molecule has 0 saturated heterocycles. The molecule has 21 heavy (non-hydrogen) atoms. The van der Waals surface area contributed by atoms with Crippen molar-refractivity contribution in [2.75, 3.05) is 30.3 Å². The second-order valence-electron chi connectivity index (χ2n) is 4.43. The molecule has 0 aliphatic heterocycles. The zero-order chi connectivity index (χ0) is 14.9. The van der Waals surface area contributed by atoms with Crippen molar-refractivity contribution in [2.24, 2.45) is 0 Å². The fraction of sp³-hybridized carbons (Fsp3) is 0.500. The summed E-state index contributed by atoms with van der Waals surface area (Å²) in [5.74, 6) is 1.09. The van der Waals surface area contributed by atoms with Gasteiger partial charge in [0.2, 0.25) is 11.9 Å². The molecule has 0 saturated carbocycles. The maximum Gasteiger partial charge on any atom is 0.323 e. The number of nitrogens with zero attached hydrogens (tertiary/aromatic N) is 3. The van der Waals surface area contributed by atoms with E-state index in [9.17, 15) is 0 Å². The van der Waals surface area contributed by atoms with Crippen LogP contribution in [0.5, 0.6) is 6.01 Å². The number of aromatic nitrogens is 3. The van der Waals surface area contributed by atoms with Gasteiger partial charge in [0.05, 0.1) is 6.61 Å². The molecule has 7 heteroatoms. The first kappa shape index (κ1) is 15.5. The molecular formula is C14H21N5OS. The SMILES string of the molecule is CCCNc1nc(NCCc2ccsc2)nc(OCC)n1. The van der Waals surface area contributed by atoms with Gasteiger partial charge in [0.25, 0.3) is 0 Å². The minimum Gasteiger partial charge on any atom is -0.464 e. The molecule has 0 aliphatic carbocycles. The van der Waals surface area contributed by atoms with E-state index in [1.54, 1.807) is 11.3 Å². The molecule has 0 unspecified atom stereocenters. The number of anilines is 2. The molecule has 0 atom stereocenters. The fourth-order valence-corrected chi connectivity index (χ4v) is 2.40. The van der Waals surface area contributed by atoms with Crippen molar-refractivity contribution in [3.05, 3.63) is 22.4 Å². The lowest BCUT2D eigenvalue weighted by molar-refractivity contribution is 0.312. The first-order valence-corrected chi connectivity index (χ1v) is 8.13. The number of rotatable bonds is 9. The minimum absolute atomic E-state index is 0.351. The summed E-state index contributed by atoms with van der Waals surface area (Å²) in [4.78, 5) is 12.8. The van der Waals surface area contributed by atoms with Crippen LogP contribution in [0.2, 0.25) is 0 Å². The van der Waals surface area contributed by atoms with E-state index in [1.165, 1.54) is 5.56 Å². The Balaban J connectivity index is 1.97. The maximum absolute atomic E-state index is 5.38. The van der Waals surface area contributed by atoms with Gasteiger partial charge in [0.1, 0.15) is 0 Å². The van der Waals surface area contributed by atoms with Crippen LogP contribution in [0.1, 0.15) is 25.8 Å². The summed E-state index contributed by atoms with van der Waals surface area (Å²) >= 11 is 1.71. The average molecular weight is 307 g/mol. The quantitative estimate of drug-likeness (QED) is 0.742. The molecule has 2 aromatic heterocycles. The van der Waals surface area contributed by atoms with Crippen LogP contribution in [0.25, 0.3) is 0 Å². The van der Waals surface area contributed by atoms with Crippen molar-refractivity contribution < 1.29 is 4.74 Å². The summed E-state index contributed by atoms with van der Waals surface area (Å²) in [5.41, 5.74) is 1.32. The lowest BCUT2D eigenvalue weighted by Gasteiger charge is -2.09. The fourth-order valence-electron chi connectivity index (χ4n) is 1.70. The topological polar surface area (TPSA) is 72.0 Å². The van der Waals surface area contributed by atoms with Crippen LogP contribution in [0.15, 0.2) is 16.8 Å². The molecule has 2 N–H and O–H groups in total. The molecule has 0 aromatic carbocycles. The van der Waals surface area contributed by atoms with Crippen molar-refractivity contribution in [1.29, 1.82) is 0 Å². The standard InChI is InChI=1S/C14H21N5OS/c1-3-7-15-12-17-13(19-14(18-12)20-4-2)16-8-5-11-6-9-21-10-11/h6,9-10H,3-5,7-8H2,1-2H3,(H2,15,16,17,18,19). The van der Waals surface area contributed by atoms with Gasteiger partial charge in [-0.2, -0.15) is 26.3 Å². The summed E-state index contributed by atoms with van der Waals surface area (Å²) in [6, 6.07) is 2.48. The third-order valence-corrected chi connectivity index (χ3v) is 3.43. The van der Waals surface area contributed by atoms with Crippen molar-refractivity contribution in [2.45, 2.75) is 26.7 Å². The zero-order valence-electron chi connectivity index (χ0n) is 12.4. The van der Waals surface area contributed by atoms with E-state index < -0.39 is 0 Å². The minimum atomic E-state index is 0.351. The monoisotopic (exact) mass is 307 g/mol. The molecule has 0 fully saturated rings. The smallest absolute Gasteiger partial charge is 0.323 e. The Labute approximate surface area is 129 Å². The summed E-state index contributed by atoms with van der Waals surface area (Å²) in [6.07, 6.45) is 1.95. The Kier molecular flexibility index (Phi) is 6.21. The maximum atomic E-state index is 5.38. The highest BCUT2D eigenvalue weighted by Gasteiger charge is 2.06. The molecule has 0 radical (unpaired) electrons. The number of hydrogen-bond acceptors (Lipinski definition) is 7. The molecule has 2 rings (SSSR count). The first-order valence-electron chi connectivity index (χ1n) is 7.19. The van der Waals surface area contributed by atoms with Gasteiger partial charge in [0.15, 0.2) is 0 Å². The lowest BCUT2D eigenvalue weighted by atomic mass is 10.2. The third-order valence-electron chi connectivity index (χ3n) is 2.70. The number of hydrogen-bond donors (Lipinski definition) is 2. The number of nitrogens with one attached hydrogen (secondary N) is 2. The van der Waals surface area contributed by atoms with Crippen LogP contribution in [-0.4, -0.2) is 34.6 Å². The Morgan fingerprint density at radius 3 is 2.48 bits per heavy atom. The Hall–Kier alpha value is -1.89. The van der Waals surface area contributed by atoms with Crippen LogP contribution < -0.4 is 15.4 Å². The molecule has 0 aliphatic rings. The van der Waals surface area contributed by atoms with Gasteiger partial charge in [-0.25, -0.2) is 0 Å². The third kappa shape index (κ3) is 5.18. The Bertz CT molecular complexity index is 532. The van der Waals surface area contributed by atoms with Crippen molar-refractivity contribution >= 4 is 23.2 Å². The van der Waals surface area contributed by atoms with Crippen LogP contribution >= 0.6 is 11.3 Å². The highest BCUT2D eigenvalue weighted by molar-refractivity contribution is 7.07. The molecule has 114 valence electrons. The van der Waals surface area contributed by atoms with Gasteiger partial charge >= 0.3 is 6.01 Å². The molecule has 0 bridgehead atoms. The number of thiophene rings is 1. The van der Waals surface area contributed by atoms with E-state index in [0.717, 1.165) is 25.9 Å². The van der Waals surface area contributed by atoms with E-state index in [0.29, 0.717) is 24.5 Å². The van der Waals surface area contributed by atoms with Crippen molar-refractivity contribution in [3.63, 3.8) is 0 Å². The molecule has 2 aromatic rings. The summed E-state index contributed by atoms with van der Waals surface area (Å²) in [7, 11) is 0. The van der Waals surface area contributed by atoms with Crippen molar-refractivity contribution in [3.8, 4) is 6.01 Å². The molecule has 2 heterocycles. The Morgan fingerprint density at radius 1 is 1.10 bits per heavy atom. The van der Waals surface area contributed by atoms with Crippen LogP contribution in [0.3, 0.4) is 0 Å². The Morgan fingerprint density at radius 2 is 1.86 bits per heavy atom. The molecular weight excluding hydrogens is 286 g/mol. The van der Waals surface area contributed by atoms with Gasteiger partial charge in [-0.05, 0) is 42.2 Å². The van der Waals surface area contributed by atoms with E-state index >= 15 is 0 Å². The first-order chi connectivity index (χ1) is 10.3. The highest BCUT2D eigenvalue weighted by Crippen LogP contribution is 2.12. The van der Waals surface area contributed by atoms with E-state index in [4.69, 9.17) is 4.74 Å².